The molecule has 174 valence electrons. The molecular weight excluding hydrogens is 464 g/mol. The van der Waals surface area contributed by atoms with Crippen LogP contribution in [-0.2, 0) is 9.59 Å². The van der Waals surface area contributed by atoms with Crippen LogP contribution in [0.4, 0.5) is 22.7 Å². The second-order valence-electron chi connectivity index (χ2n) is 5.91. The van der Waals surface area contributed by atoms with Crippen molar-refractivity contribution in [2.75, 3.05) is 0 Å². The van der Waals surface area contributed by atoms with Crippen molar-refractivity contribution < 1.29 is 29.3 Å². The summed E-state index contributed by atoms with van der Waals surface area (Å²) in [4.78, 5) is 63.4. The number of carbonyl (C=O) groups excluding carboxylic acids is 2. The molecule has 18 heteroatoms. The van der Waals surface area contributed by atoms with E-state index in [0.29, 0.717) is 12.1 Å². The Morgan fingerprint density at radius 2 is 1.00 bits per heavy atom. The molecular formula is C16H10N8O10. The largest absolute Gasteiger partial charge is 0.331 e. The third-order valence-electron chi connectivity index (χ3n) is 3.79. The fraction of sp³-hybridized carbons (Fsp3) is 0. The van der Waals surface area contributed by atoms with Crippen LogP contribution in [0.15, 0.2) is 46.6 Å². The minimum absolute atomic E-state index is 0.209. The summed E-state index contributed by atoms with van der Waals surface area (Å²) < 4.78 is 0. The summed E-state index contributed by atoms with van der Waals surface area (Å²) in [6.45, 7) is 0. The van der Waals surface area contributed by atoms with Crippen LogP contribution in [0.5, 0.6) is 0 Å². The Morgan fingerprint density at radius 3 is 1.29 bits per heavy atom. The van der Waals surface area contributed by atoms with E-state index in [2.05, 4.69) is 10.2 Å². The second kappa shape index (κ2) is 10.6. The normalized spacial score (nSPS) is 10.7. The summed E-state index contributed by atoms with van der Waals surface area (Å²) in [6, 6.07) is 5.31. The van der Waals surface area contributed by atoms with Crippen LogP contribution in [0.25, 0.3) is 0 Å². The van der Waals surface area contributed by atoms with Crippen molar-refractivity contribution in [3.8, 4) is 0 Å². The molecule has 18 nitrogen and oxygen atoms in total. The number of nitro groups is 4. The van der Waals surface area contributed by atoms with Gasteiger partial charge in [0.2, 0.25) is 0 Å². The average Bonchev–Trinajstić information content (AvgIpc) is 2.78. The molecule has 0 fully saturated rings. The molecule has 2 aromatic carbocycles. The van der Waals surface area contributed by atoms with Crippen molar-refractivity contribution in [3.05, 3.63) is 88.0 Å². The summed E-state index contributed by atoms with van der Waals surface area (Å²) in [5, 5.41) is 50.2. The molecule has 0 spiro atoms. The van der Waals surface area contributed by atoms with Crippen LogP contribution in [0.2, 0.25) is 0 Å². The summed E-state index contributed by atoms with van der Waals surface area (Å²) in [6.07, 6.45) is 1.55. The van der Waals surface area contributed by atoms with Crippen molar-refractivity contribution in [1.82, 2.24) is 10.9 Å². The van der Waals surface area contributed by atoms with E-state index in [1.54, 1.807) is 10.9 Å². The molecule has 0 heterocycles. The topological polar surface area (TPSA) is 255 Å². The van der Waals surface area contributed by atoms with Gasteiger partial charge in [0.15, 0.2) is 0 Å². The maximum Gasteiger partial charge on any atom is 0.331 e. The summed E-state index contributed by atoms with van der Waals surface area (Å²) in [5.41, 5.74) is 0.622. The minimum Gasteiger partial charge on any atom is -0.262 e. The summed E-state index contributed by atoms with van der Waals surface area (Å²) in [5.74, 6) is -2.76. The molecule has 0 atom stereocenters. The third-order valence-corrected chi connectivity index (χ3v) is 3.79. The highest BCUT2D eigenvalue weighted by atomic mass is 16.6. The van der Waals surface area contributed by atoms with Crippen molar-refractivity contribution in [3.63, 3.8) is 0 Å². The van der Waals surface area contributed by atoms with Gasteiger partial charge in [-0.3, -0.25) is 50.0 Å². The van der Waals surface area contributed by atoms with Gasteiger partial charge in [-0.15, -0.1) is 0 Å². The maximum atomic E-state index is 11.7. The molecule has 0 aromatic heterocycles. The first-order chi connectivity index (χ1) is 16.0. The molecule has 2 rings (SSSR count). The van der Waals surface area contributed by atoms with Gasteiger partial charge in [-0.25, -0.2) is 10.9 Å². The zero-order valence-electron chi connectivity index (χ0n) is 16.4. The molecule has 2 amide bonds. The molecule has 0 aliphatic rings. The van der Waals surface area contributed by atoms with Crippen molar-refractivity contribution in [2.45, 2.75) is 0 Å². The Labute approximate surface area is 186 Å². The Bertz CT molecular complexity index is 1170. The van der Waals surface area contributed by atoms with E-state index in [-0.39, 0.29) is 11.1 Å². The van der Waals surface area contributed by atoms with E-state index >= 15 is 0 Å². The number of nitrogens with zero attached hydrogens (tertiary/aromatic N) is 6. The van der Waals surface area contributed by atoms with E-state index in [9.17, 15) is 50.0 Å². The molecule has 0 radical (unpaired) electrons. The van der Waals surface area contributed by atoms with E-state index in [4.69, 9.17) is 0 Å². The van der Waals surface area contributed by atoms with Crippen LogP contribution in [0.3, 0.4) is 0 Å². The van der Waals surface area contributed by atoms with Gasteiger partial charge in [0.25, 0.3) is 22.7 Å². The fourth-order valence-electron chi connectivity index (χ4n) is 2.25. The fourth-order valence-corrected chi connectivity index (χ4v) is 2.25. The quantitative estimate of drug-likeness (QED) is 0.236. The minimum atomic E-state index is -1.38. The van der Waals surface area contributed by atoms with Crippen molar-refractivity contribution >= 4 is 47.0 Å². The van der Waals surface area contributed by atoms with Crippen LogP contribution in [0.1, 0.15) is 11.1 Å². The predicted molar refractivity (Wildman–Crippen MR) is 111 cm³/mol. The van der Waals surface area contributed by atoms with Gasteiger partial charge < -0.3 is 0 Å². The number of nitrogens with one attached hydrogen (secondary N) is 2. The molecule has 2 N–H and O–H groups in total. The van der Waals surface area contributed by atoms with E-state index in [1.165, 1.54) is 0 Å². The Balaban J connectivity index is 2.05. The molecule has 0 saturated heterocycles. The van der Waals surface area contributed by atoms with E-state index < -0.39 is 54.3 Å². The monoisotopic (exact) mass is 474 g/mol. The smallest absolute Gasteiger partial charge is 0.262 e. The number of nitro benzene ring substituents is 4. The summed E-state index contributed by atoms with van der Waals surface area (Å²) >= 11 is 0. The Morgan fingerprint density at radius 1 is 0.647 bits per heavy atom. The number of rotatable bonds is 8. The number of hydrogen-bond acceptors (Lipinski definition) is 12. The molecule has 0 aliphatic heterocycles. The molecule has 2 aromatic rings. The Kier molecular flexibility index (Phi) is 7.64. The highest BCUT2D eigenvalue weighted by molar-refractivity contribution is 6.35. The van der Waals surface area contributed by atoms with Gasteiger partial charge in [0.1, 0.15) is 0 Å². The number of amides is 2. The van der Waals surface area contributed by atoms with Crippen molar-refractivity contribution in [1.29, 1.82) is 0 Å². The zero-order chi connectivity index (χ0) is 25.4. The lowest BCUT2D eigenvalue weighted by Gasteiger charge is -2.00. The van der Waals surface area contributed by atoms with Gasteiger partial charge >= 0.3 is 11.8 Å². The number of hydrazone groups is 2. The van der Waals surface area contributed by atoms with E-state index in [0.717, 1.165) is 36.7 Å². The molecule has 0 bridgehead atoms. The summed E-state index contributed by atoms with van der Waals surface area (Å²) in [7, 11) is 0. The van der Waals surface area contributed by atoms with Crippen LogP contribution in [0, 0.1) is 40.5 Å². The molecule has 0 unspecified atom stereocenters. The average molecular weight is 474 g/mol. The standard InChI is InChI=1S/C16H10N8O10/c25-15(19-17-7-9-1-3-11(21(27)28)5-13(9)23(31)32)16(26)20-18-8-10-2-4-12(22(29)30)6-14(10)24(33)34/h1-8H,(H,19,25)(H,20,26)/b17-7+,18-8+. The Hall–Kier alpha value is -5.68. The zero-order valence-corrected chi connectivity index (χ0v) is 16.4. The lowest BCUT2D eigenvalue weighted by molar-refractivity contribution is -0.394. The van der Waals surface area contributed by atoms with Gasteiger partial charge in [0, 0.05) is 12.1 Å². The van der Waals surface area contributed by atoms with Crippen LogP contribution >= 0.6 is 0 Å². The SMILES string of the molecule is O=C(N/N=C/c1ccc([N+](=O)[O-])cc1[N+](=O)[O-])C(=O)N/N=C/c1ccc([N+](=O)[O-])cc1[N+](=O)[O-]. The first-order valence-corrected chi connectivity index (χ1v) is 8.53. The van der Waals surface area contributed by atoms with Gasteiger partial charge in [-0.1, -0.05) is 0 Å². The predicted octanol–water partition coefficient (Wildman–Crippen LogP) is 0.920. The molecule has 0 saturated carbocycles. The number of benzene rings is 2. The highest BCUT2D eigenvalue weighted by Gasteiger charge is 2.20. The highest BCUT2D eigenvalue weighted by Crippen LogP contribution is 2.24. The maximum absolute atomic E-state index is 11.7. The molecule has 34 heavy (non-hydrogen) atoms. The van der Waals surface area contributed by atoms with Crippen molar-refractivity contribution in [2.24, 2.45) is 10.2 Å². The number of hydrogen-bond donors (Lipinski definition) is 2. The second-order valence-corrected chi connectivity index (χ2v) is 5.91. The molecule has 0 aliphatic carbocycles. The third kappa shape index (κ3) is 6.16. The van der Waals surface area contributed by atoms with Gasteiger partial charge in [-0.05, 0) is 12.1 Å². The first kappa shape index (κ1) is 24.6. The lowest BCUT2D eigenvalue weighted by atomic mass is 10.2. The number of non-ortho nitro benzene ring substituents is 2. The number of carbonyl (C=O) groups is 2. The van der Waals surface area contributed by atoms with Crippen LogP contribution in [-0.4, -0.2) is 43.9 Å². The first-order valence-electron chi connectivity index (χ1n) is 8.53. The van der Waals surface area contributed by atoms with Crippen LogP contribution < -0.4 is 10.9 Å². The van der Waals surface area contributed by atoms with E-state index in [1.807, 2.05) is 0 Å². The van der Waals surface area contributed by atoms with Gasteiger partial charge in [-0.2, -0.15) is 10.2 Å². The lowest BCUT2D eigenvalue weighted by Crippen LogP contribution is -2.35. The van der Waals surface area contributed by atoms with Gasteiger partial charge in [0.05, 0.1) is 55.4 Å².